The highest BCUT2D eigenvalue weighted by atomic mass is 32.2. The van der Waals surface area contributed by atoms with E-state index in [9.17, 15) is 13.2 Å². The van der Waals surface area contributed by atoms with Gasteiger partial charge >= 0.3 is 0 Å². The van der Waals surface area contributed by atoms with Gasteiger partial charge in [0.25, 0.3) is 0 Å². The summed E-state index contributed by atoms with van der Waals surface area (Å²) in [5.74, 6) is -0.0687. The second-order valence-electron chi connectivity index (χ2n) is 5.33. The van der Waals surface area contributed by atoms with Gasteiger partial charge < -0.3 is 5.32 Å². The van der Waals surface area contributed by atoms with Gasteiger partial charge in [-0.3, -0.25) is 4.79 Å². The Morgan fingerprint density at radius 1 is 1.52 bits per heavy atom. The van der Waals surface area contributed by atoms with E-state index in [1.165, 1.54) is 4.31 Å². The molecule has 7 heteroatoms. The fourth-order valence-corrected chi connectivity index (χ4v) is 5.17. The molecule has 1 N–H and O–H groups in total. The van der Waals surface area contributed by atoms with E-state index in [4.69, 9.17) is 0 Å². The zero-order valence-electron chi connectivity index (χ0n) is 12.5. The standard InChI is InChI=1S/C14H22N2O3S2/c1-3-9-21(18,19)16-7-4-5-12(16)14(17)15-10-13-11(2)6-8-20-13/h6,8,12H,3-5,7,9-10H2,1-2H3,(H,15,17)/t12-/m1/s1. The molecule has 0 aliphatic carbocycles. The first-order valence-corrected chi connectivity index (χ1v) is 9.74. The van der Waals surface area contributed by atoms with Crippen molar-refractivity contribution in [2.45, 2.75) is 45.7 Å². The molecule has 1 fully saturated rings. The third-order valence-electron chi connectivity index (χ3n) is 3.72. The number of sulfonamides is 1. The maximum Gasteiger partial charge on any atom is 0.238 e. The van der Waals surface area contributed by atoms with Crippen LogP contribution in [-0.4, -0.2) is 37.0 Å². The van der Waals surface area contributed by atoms with E-state index >= 15 is 0 Å². The minimum atomic E-state index is -3.31. The van der Waals surface area contributed by atoms with Gasteiger partial charge in [-0.25, -0.2) is 8.42 Å². The Morgan fingerprint density at radius 3 is 2.90 bits per heavy atom. The van der Waals surface area contributed by atoms with E-state index in [0.717, 1.165) is 16.9 Å². The molecule has 1 aromatic rings. The van der Waals surface area contributed by atoms with Gasteiger partial charge in [0.05, 0.1) is 12.3 Å². The average molecular weight is 330 g/mol. The Morgan fingerprint density at radius 2 is 2.29 bits per heavy atom. The molecule has 0 bridgehead atoms. The molecule has 1 aliphatic rings. The minimum absolute atomic E-state index is 0.112. The second-order valence-corrected chi connectivity index (χ2v) is 8.37. The van der Waals surface area contributed by atoms with E-state index in [1.807, 2.05) is 25.3 Å². The molecule has 2 rings (SSSR count). The molecule has 1 atom stereocenters. The number of nitrogens with zero attached hydrogens (tertiary/aromatic N) is 1. The number of thiophene rings is 1. The highest BCUT2D eigenvalue weighted by molar-refractivity contribution is 7.89. The number of nitrogens with one attached hydrogen (secondary N) is 1. The summed E-state index contributed by atoms with van der Waals surface area (Å²) in [7, 11) is -3.31. The van der Waals surface area contributed by atoms with Crippen LogP contribution in [0.2, 0.25) is 0 Å². The van der Waals surface area contributed by atoms with Gasteiger partial charge in [0.1, 0.15) is 6.04 Å². The molecule has 0 spiro atoms. The third kappa shape index (κ3) is 3.84. The molecule has 1 saturated heterocycles. The zero-order valence-corrected chi connectivity index (χ0v) is 14.1. The number of hydrogen-bond donors (Lipinski definition) is 1. The van der Waals surface area contributed by atoms with Crippen LogP contribution in [0.1, 0.15) is 36.6 Å². The van der Waals surface area contributed by atoms with Crippen molar-refractivity contribution in [1.82, 2.24) is 9.62 Å². The number of amides is 1. The van der Waals surface area contributed by atoms with E-state index < -0.39 is 16.1 Å². The van der Waals surface area contributed by atoms with Crippen molar-refractivity contribution >= 4 is 27.3 Å². The van der Waals surface area contributed by atoms with Crippen molar-refractivity contribution in [2.75, 3.05) is 12.3 Å². The normalized spacial score (nSPS) is 19.8. The molecular formula is C14H22N2O3S2. The predicted octanol–water partition coefficient (Wildman–Crippen LogP) is 1.88. The van der Waals surface area contributed by atoms with Gasteiger partial charge in [-0.15, -0.1) is 11.3 Å². The molecule has 118 valence electrons. The highest BCUT2D eigenvalue weighted by Crippen LogP contribution is 2.22. The quantitative estimate of drug-likeness (QED) is 0.866. The Kier molecular flexibility index (Phi) is 5.40. The fraction of sp³-hybridized carbons (Fsp3) is 0.643. The Bertz CT molecular complexity index is 595. The zero-order chi connectivity index (χ0) is 15.5. The van der Waals surface area contributed by atoms with E-state index in [2.05, 4.69) is 5.32 Å². The van der Waals surface area contributed by atoms with E-state index in [0.29, 0.717) is 25.9 Å². The Labute approximate surface area is 130 Å². The summed E-state index contributed by atoms with van der Waals surface area (Å²) in [6.45, 7) is 4.77. The number of carbonyl (C=O) groups is 1. The highest BCUT2D eigenvalue weighted by Gasteiger charge is 2.37. The summed E-state index contributed by atoms with van der Waals surface area (Å²) in [4.78, 5) is 13.4. The number of rotatable bonds is 6. The van der Waals surface area contributed by atoms with Gasteiger partial charge in [-0.1, -0.05) is 6.92 Å². The molecule has 1 amide bonds. The lowest BCUT2D eigenvalue weighted by Gasteiger charge is -2.23. The lowest BCUT2D eigenvalue weighted by molar-refractivity contribution is -0.124. The molecule has 0 unspecified atom stereocenters. The Balaban J connectivity index is 1.99. The van der Waals surface area contributed by atoms with Crippen molar-refractivity contribution in [1.29, 1.82) is 0 Å². The molecule has 1 aliphatic heterocycles. The molecule has 0 aromatic carbocycles. The van der Waals surface area contributed by atoms with Crippen molar-refractivity contribution in [2.24, 2.45) is 0 Å². The van der Waals surface area contributed by atoms with Crippen LogP contribution in [0.4, 0.5) is 0 Å². The van der Waals surface area contributed by atoms with Gasteiger partial charge in [0, 0.05) is 11.4 Å². The third-order valence-corrected chi connectivity index (χ3v) is 6.82. The van der Waals surface area contributed by atoms with Gasteiger partial charge in [0.2, 0.25) is 15.9 Å². The predicted molar refractivity (Wildman–Crippen MR) is 84.7 cm³/mol. The number of carbonyl (C=O) groups excluding carboxylic acids is 1. The molecule has 0 saturated carbocycles. The lowest BCUT2D eigenvalue weighted by Crippen LogP contribution is -2.46. The van der Waals surface area contributed by atoms with Crippen LogP contribution in [0.15, 0.2) is 11.4 Å². The summed E-state index contributed by atoms with van der Waals surface area (Å²) in [5.41, 5.74) is 1.15. The maximum atomic E-state index is 12.3. The first kappa shape index (κ1) is 16.5. The van der Waals surface area contributed by atoms with Gasteiger partial charge in [-0.05, 0) is 43.2 Å². The van der Waals surface area contributed by atoms with Crippen molar-refractivity contribution in [3.8, 4) is 0 Å². The first-order valence-electron chi connectivity index (χ1n) is 7.26. The summed E-state index contributed by atoms with van der Waals surface area (Å²) in [6.07, 6.45) is 1.93. The molecule has 21 heavy (non-hydrogen) atoms. The van der Waals surface area contributed by atoms with Crippen LogP contribution in [-0.2, 0) is 21.4 Å². The summed E-state index contributed by atoms with van der Waals surface area (Å²) < 4.78 is 25.7. The minimum Gasteiger partial charge on any atom is -0.350 e. The van der Waals surface area contributed by atoms with Crippen molar-refractivity contribution < 1.29 is 13.2 Å². The molecule has 0 radical (unpaired) electrons. The fourth-order valence-electron chi connectivity index (χ4n) is 2.58. The van der Waals surface area contributed by atoms with Gasteiger partial charge in [-0.2, -0.15) is 4.31 Å². The largest absolute Gasteiger partial charge is 0.350 e. The molecule has 5 nitrogen and oxygen atoms in total. The second kappa shape index (κ2) is 6.89. The summed E-state index contributed by atoms with van der Waals surface area (Å²) in [5, 5.41) is 4.87. The number of hydrogen-bond acceptors (Lipinski definition) is 4. The van der Waals surface area contributed by atoms with Crippen molar-refractivity contribution in [3.05, 3.63) is 21.9 Å². The topological polar surface area (TPSA) is 66.5 Å². The molecule has 2 heterocycles. The average Bonchev–Trinajstić information content (AvgIpc) is 3.05. The lowest BCUT2D eigenvalue weighted by atomic mass is 10.2. The van der Waals surface area contributed by atoms with Crippen LogP contribution >= 0.6 is 11.3 Å². The molecular weight excluding hydrogens is 308 g/mol. The Hall–Kier alpha value is -0.920. The van der Waals surface area contributed by atoms with Gasteiger partial charge in [0.15, 0.2) is 0 Å². The summed E-state index contributed by atoms with van der Waals surface area (Å²) >= 11 is 1.60. The first-order chi connectivity index (χ1) is 9.95. The summed E-state index contributed by atoms with van der Waals surface area (Å²) in [6, 6.07) is 1.47. The van der Waals surface area contributed by atoms with E-state index in [-0.39, 0.29) is 11.7 Å². The molecule has 1 aromatic heterocycles. The number of aryl methyl sites for hydroxylation is 1. The van der Waals surface area contributed by atoms with Crippen LogP contribution < -0.4 is 5.32 Å². The monoisotopic (exact) mass is 330 g/mol. The maximum absolute atomic E-state index is 12.3. The smallest absolute Gasteiger partial charge is 0.238 e. The van der Waals surface area contributed by atoms with Crippen LogP contribution in [0.3, 0.4) is 0 Å². The van der Waals surface area contributed by atoms with E-state index in [1.54, 1.807) is 11.3 Å². The van der Waals surface area contributed by atoms with Crippen molar-refractivity contribution in [3.63, 3.8) is 0 Å². The van der Waals surface area contributed by atoms with Crippen LogP contribution in [0.5, 0.6) is 0 Å². The van der Waals surface area contributed by atoms with Crippen LogP contribution in [0, 0.1) is 6.92 Å². The van der Waals surface area contributed by atoms with Crippen LogP contribution in [0.25, 0.3) is 0 Å². The SMILES string of the molecule is CCCS(=O)(=O)N1CCC[C@@H]1C(=O)NCc1sccc1C.